The number of nitrogens with two attached hydrogens (primary N) is 1. The van der Waals surface area contributed by atoms with Gasteiger partial charge in [-0.2, -0.15) is 0 Å². The van der Waals surface area contributed by atoms with Gasteiger partial charge in [0.2, 0.25) is 0 Å². The van der Waals surface area contributed by atoms with Gasteiger partial charge in [0.25, 0.3) is 0 Å². The van der Waals surface area contributed by atoms with Crippen LogP contribution in [0.15, 0.2) is 23.1 Å². The second-order valence-electron chi connectivity index (χ2n) is 3.96. The summed E-state index contributed by atoms with van der Waals surface area (Å²) in [6.07, 6.45) is 2.20. The molecular formula is C13H21NS. The molecule has 1 rings (SSSR count). The number of hydrogen-bond donors (Lipinski definition) is 1. The first-order valence-electron chi connectivity index (χ1n) is 5.63. The third kappa shape index (κ3) is 3.88. The lowest BCUT2D eigenvalue weighted by Gasteiger charge is -2.11. The fraction of sp³-hybridized carbons (Fsp3) is 0.538. The molecule has 0 aliphatic heterocycles. The maximum atomic E-state index is 5.56. The van der Waals surface area contributed by atoms with E-state index in [-0.39, 0.29) is 0 Å². The zero-order chi connectivity index (χ0) is 11.3. The molecule has 0 spiro atoms. The van der Waals surface area contributed by atoms with E-state index < -0.39 is 0 Å². The van der Waals surface area contributed by atoms with Crippen molar-refractivity contribution in [1.82, 2.24) is 0 Å². The monoisotopic (exact) mass is 223 g/mol. The first-order chi connectivity index (χ1) is 7.17. The third-order valence-electron chi connectivity index (χ3n) is 2.64. The Morgan fingerprint density at radius 2 is 2.13 bits per heavy atom. The summed E-state index contributed by atoms with van der Waals surface area (Å²) in [5.74, 6) is 0. The van der Waals surface area contributed by atoms with E-state index in [1.165, 1.54) is 22.4 Å². The maximum absolute atomic E-state index is 5.56. The second kappa shape index (κ2) is 6.19. The van der Waals surface area contributed by atoms with Crippen molar-refractivity contribution < 1.29 is 0 Å². The van der Waals surface area contributed by atoms with E-state index in [1.54, 1.807) is 0 Å². The average Bonchev–Trinajstić information content (AvgIpc) is 2.22. The third-order valence-corrected chi connectivity index (χ3v) is 3.90. The molecule has 2 heteroatoms. The number of thioether (sulfide) groups is 1. The van der Waals surface area contributed by atoms with Crippen molar-refractivity contribution in [2.75, 3.05) is 6.54 Å². The van der Waals surface area contributed by atoms with Crippen molar-refractivity contribution in [3.05, 3.63) is 29.3 Å². The van der Waals surface area contributed by atoms with E-state index in [1.807, 2.05) is 11.8 Å². The molecule has 1 atom stereocenters. The van der Waals surface area contributed by atoms with Crippen LogP contribution in [0.4, 0.5) is 0 Å². The lowest BCUT2D eigenvalue weighted by Crippen LogP contribution is -2.04. The predicted octanol–water partition coefficient (Wildman–Crippen LogP) is 3.39. The van der Waals surface area contributed by atoms with Gasteiger partial charge in [0.05, 0.1) is 0 Å². The Balaban J connectivity index is 2.73. The molecule has 1 aromatic carbocycles. The van der Waals surface area contributed by atoms with Gasteiger partial charge >= 0.3 is 0 Å². The van der Waals surface area contributed by atoms with E-state index >= 15 is 0 Å². The molecule has 1 unspecified atom stereocenters. The van der Waals surface area contributed by atoms with Gasteiger partial charge in [-0.3, -0.25) is 0 Å². The zero-order valence-corrected chi connectivity index (χ0v) is 10.7. The summed E-state index contributed by atoms with van der Waals surface area (Å²) in [5.41, 5.74) is 8.31. The Hall–Kier alpha value is -0.470. The highest BCUT2D eigenvalue weighted by atomic mass is 32.2. The molecule has 84 valence electrons. The van der Waals surface area contributed by atoms with Crippen LogP contribution in [0.5, 0.6) is 0 Å². The molecule has 15 heavy (non-hydrogen) atoms. The molecular weight excluding hydrogens is 202 g/mol. The van der Waals surface area contributed by atoms with E-state index in [2.05, 4.69) is 39.0 Å². The summed E-state index contributed by atoms with van der Waals surface area (Å²) in [6, 6.07) is 6.71. The number of hydrogen-bond acceptors (Lipinski definition) is 2. The molecule has 0 aliphatic carbocycles. The van der Waals surface area contributed by atoms with Gasteiger partial charge in [0.1, 0.15) is 0 Å². The van der Waals surface area contributed by atoms with Gasteiger partial charge in [-0.05, 0) is 49.6 Å². The quantitative estimate of drug-likeness (QED) is 0.774. The van der Waals surface area contributed by atoms with Crippen molar-refractivity contribution in [2.24, 2.45) is 5.73 Å². The summed E-state index contributed by atoms with van der Waals surface area (Å²) < 4.78 is 0. The van der Waals surface area contributed by atoms with Gasteiger partial charge in [-0.25, -0.2) is 0 Å². The zero-order valence-electron chi connectivity index (χ0n) is 9.92. The minimum Gasteiger partial charge on any atom is -0.330 e. The van der Waals surface area contributed by atoms with Gasteiger partial charge < -0.3 is 5.73 Å². The number of rotatable bonds is 5. The molecule has 1 aromatic rings. The van der Waals surface area contributed by atoms with Crippen molar-refractivity contribution in [3.8, 4) is 0 Å². The second-order valence-corrected chi connectivity index (χ2v) is 5.48. The predicted molar refractivity (Wildman–Crippen MR) is 69.5 cm³/mol. The molecule has 0 heterocycles. The standard InChI is InChI=1S/C13H21NS/c1-4-11(3)15-13-6-5-12(7-8-14)10(2)9-13/h5-6,9,11H,4,7-8,14H2,1-3H3. The van der Waals surface area contributed by atoms with Crippen LogP contribution in [-0.2, 0) is 6.42 Å². The lowest BCUT2D eigenvalue weighted by atomic mass is 10.1. The molecule has 2 N–H and O–H groups in total. The Labute approximate surface area is 97.4 Å². The molecule has 0 bridgehead atoms. The minimum absolute atomic E-state index is 0.699. The van der Waals surface area contributed by atoms with Crippen LogP contribution in [-0.4, -0.2) is 11.8 Å². The molecule has 0 aliphatic rings. The lowest BCUT2D eigenvalue weighted by molar-refractivity contribution is 0.905. The molecule has 0 aromatic heterocycles. The van der Waals surface area contributed by atoms with Crippen molar-refractivity contribution >= 4 is 11.8 Å². The van der Waals surface area contributed by atoms with Crippen LogP contribution in [0.3, 0.4) is 0 Å². The molecule has 0 radical (unpaired) electrons. The van der Waals surface area contributed by atoms with Crippen LogP contribution in [0.2, 0.25) is 0 Å². The summed E-state index contributed by atoms with van der Waals surface area (Å²) >= 11 is 1.95. The van der Waals surface area contributed by atoms with E-state index in [0.29, 0.717) is 5.25 Å². The van der Waals surface area contributed by atoms with Crippen LogP contribution >= 0.6 is 11.8 Å². The van der Waals surface area contributed by atoms with E-state index in [0.717, 1.165) is 13.0 Å². The Morgan fingerprint density at radius 1 is 1.40 bits per heavy atom. The number of benzene rings is 1. The van der Waals surface area contributed by atoms with Crippen molar-refractivity contribution in [3.63, 3.8) is 0 Å². The minimum atomic E-state index is 0.699. The van der Waals surface area contributed by atoms with Crippen LogP contribution in [0.1, 0.15) is 31.4 Å². The van der Waals surface area contributed by atoms with E-state index in [9.17, 15) is 0 Å². The fourth-order valence-corrected chi connectivity index (χ4v) is 2.52. The molecule has 0 fully saturated rings. The first kappa shape index (κ1) is 12.6. The highest BCUT2D eigenvalue weighted by Crippen LogP contribution is 2.26. The molecule has 1 nitrogen and oxygen atoms in total. The first-order valence-corrected chi connectivity index (χ1v) is 6.51. The largest absolute Gasteiger partial charge is 0.330 e. The topological polar surface area (TPSA) is 26.0 Å². The summed E-state index contributed by atoms with van der Waals surface area (Å²) in [4.78, 5) is 1.38. The van der Waals surface area contributed by atoms with Crippen molar-refractivity contribution in [1.29, 1.82) is 0 Å². The summed E-state index contributed by atoms with van der Waals surface area (Å²) in [7, 11) is 0. The SMILES string of the molecule is CCC(C)Sc1ccc(CCN)c(C)c1. The Kier molecular flexibility index (Phi) is 5.20. The normalized spacial score (nSPS) is 12.8. The Morgan fingerprint density at radius 3 is 2.67 bits per heavy atom. The van der Waals surface area contributed by atoms with Gasteiger partial charge in [-0.1, -0.05) is 19.9 Å². The fourth-order valence-electron chi connectivity index (χ4n) is 1.49. The molecule has 0 saturated carbocycles. The summed E-state index contributed by atoms with van der Waals surface area (Å²) in [5, 5.41) is 0.699. The smallest absolute Gasteiger partial charge is 0.00775 e. The number of aryl methyl sites for hydroxylation is 1. The van der Waals surface area contributed by atoms with Crippen LogP contribution < -0.4 is 5.73 Å². The molecule has 0 saturated heterocycles. The van der Waals surface area contributed by atoms with Gasteiger partial charge in [0.15, 0.2) is 0 Å². The van der Waals surface area contributed by atoms with Crippen molar-refractivity contribution in [2.45, 2.75) is 43.8 Å². The van der Waals surface area contributed by atoms with Crippen LogP contribution in [0.25, 0.3) is 0 Å². The average molecular weight is 223 g/mol. The van der Waals surface area contributed by atoms with Gasteiger partial charge in [-0.15, -0.1) is 11.8 Å². The van der Waals surface area contributed by atoms with Gasteiger partial charge in [0, 0.05) is 10.1 Å². The highest BCUT2D eigenvalue weighted by Gasteiger charge is 2.03. The Bertz CT molecular complexity index is 309. The van der Waals surface area contributed by atoms with Crippen LogP contribution in [0, 0.1) is 6.92 Å². The van der Waals surface area contributed by atoms with E-state index in [4.69, 9.17) is 5.73 Å². The maximum Gasteiger partial charge on any atom is 0.00775 e. The molecule has 0 amide bonds. The highest BCUT2D eigenvalue weighted by molar-refractivity contribution is 7.99. The summed E-state index contributed by atoms with van der Waals surface area (Å²) in [6.45, 7) is 7.41.